The van der Waals surface area contributed by atoms with E-state index in [9.17, 15) is 39.6 Å². The minimum Gasteiger partial charge on any atom is -1.00 e. The number of hydrogen-bond donors (Lipinski definition) is 11. The number of ether oxygens (including phenoxy) is 1. The number of hydrogen-bond acceptors (Lipinski definition) is 16. The molecule has 19 heteroatoms. The molecule has 1 aliphatic rings. The summed E-state index contributed by atoms with van der Waals surface area (Å²) < 4.78 is 5.87. The molecular formula is C70H109BrIMgN5O11. The van der Waals surface area contributed by atoms with Gasteiger partial charge >= 0.3 is 23.1 Å². The van der Waals surface area contributed by atoms with E-state index in [0.29, 0.717) is 77.0 Å². The summed E-state index contributed by atoms with van der Waals surface area (Å²) in [5.74, 6) is 7.77. The standard InChI is InChI=1S/C14H23NO2.C13H19NO2.C13H15NO2.C8H8INO.C8H9NO.C5H8O.C4H8O.CH4O.3CH4.CH3.BrH.Mg/c1-4-12(16)7-5-10-9-11(14(2,3)17)6-8-13(10)15;2*1-3-12(16)6-4-11-8-10(9(2)15)5-7-13(11)14;1-5(11)6-2-3-8(10)7(9)4-6;1-6(10)7-2-4-8(9)5-3-7;1-3-5(6)4-2;1-2-4-5-3-1;1-2;;;;;;/h6,8-9,12,16-17H,4-5,7,15H2,1-3H3;5,7-8,12,16H,3-4,6,14H2,1-2H3;5,7-8,12,16H,3,14H2,1-2H3;2-4H,10H2,1H3;2-5H,9H2,1H3;1,5-6H,4H2,2H3;1-4H2;2H,1H3;3*1H4;1H3;1H;/q;;;;;;;;;;;-1;;+2/p-1. The Morgan fingerprint density at radius 2 is 0.944 bits per heavy atom. The molecule has 5 aromatic carbocycles. The second kappa shape index (κ2) is 56.6. The number of halogens is 2. The van der Waals surface area contributed by atoms with E-state index in [1.807, 2.05) is 52.0 Å². The van der Waals surface area contributed by atoms with Gasteiger partial charge in [-0.3, -0.25) is 19.2 Å². The van der Waals surface area contributed by atoms with Gasteiger partial charge in [0.15, 0.2) is 23.1 Å². The fourth-order valence-electron chi connectivity index (χ4n) is 6.54. The number of Topliss-reactive ketones (excluding diaryl/α,β-unsaturated/α-hetero) is 4. The van der Waals surface area contributed by atoms with E-state index in [1.54, 1.807) is 93.6 Å². The van der Waals surface area contributed by atoms with Crippen molar-refractivity contribution < 1.29 is 71.5 Å². The van der Waals surface area contributed by atoms with Crippen molar-refractivity contribution in [3.05, 3.63) is 153 Å². The Bertz CT molecular complexity index is 2820. The normalized spacial score (nSPS) is 11.4. The maximum absolute atomic E-state index is 11.2. The van der Waals surface area contributed by atoms with Gasteiger partial charge in [-0.25, -0.2) is 0 Å². The van der Waals surface area contributed by atoms with E-state index in [1.165, 1.54) is 33.6 Å². The van der Waals surface area contributed by atoms with Crippen LogP contribution in [0.1, 0.15) is 207 Å². The first-order chi connectivity index (χ1) is 39.0. The molecule has 0 radical (unpaired) electrons. The topological polar surface area (TPSA) is 329 Å². The molecular weight excluding hydrogens is 1320 g/mol. The van der Waals surface area contributed by atoms with Crippen LogP contribution in [0, 0.1) is 35.2 Å². The number of ketones is 4. The van der Waals surface area contributed by atoms with Crippen molar-refractivity contribution in [2.75, 3.05) is 49.0 Å². The van der Waals surface area contributed by atoms with Gasteiger partial charge in [-0.15, -0.1) is 6.42 Å². The van der Waals surface area contributed by atoms with E-state index in [4.69, 9.17) is 50.0 Å². The Morgan fingerprint density at radius 3 is 1.29 bits per heavy atom. The third-order valence-corrected chi connectivity index (χ3v) is 13.1. The Balaban J connectivity index is -0.000000145. The van der Waals surface area contributed by atoms with E-state index < -0.39 is 17.8 Å². The van der Waals surface area contributed by atoms with Crippen LogP contribution in [-0.2, 0) is 23.2 Å². The number of aryl methyl sites for hydroxylation is 2. The monoisotopic (exact) mass is 1430 g/mol. The van der Waals surface area contributed by atoms with Gasteiger partial charge in [0.1, 0.15) is 12.2 Å². The molecule has 0 aromatic heterocycles. The Morgan fingerprint density at radius 1 is 0.573 bits per heavy atom. The van der Waals surface area contributed by atoms with Gasteiger partial charge in [-0.2, -0.15) is 0 Å². The fourth-order valence-corrected chi connectivity index (χ4v) is 7.05. The second-order valence-electron chi connectivity index (χ2n) is 19.6. The summed E-state index contributed by atoms with van der Waals surface area (Å²) in [4.78, 5) is 44.0. The molecule has 89 heavy (non-hydrogen) atoms. The average Bonchev–Trinajstić information content (AvgIpc) is 4.08. The third kappa shape index (κ3) is 45.5. The zero-order valence-corrected chi connectivity index (χ0v) is 57.8. The number of terminal acetylenes is 1. The van der Waals surface area contributed by atoms with Crippen LogP contribution < -0.4 is 45.6 Å². The number of aliphatic hydroxyl groups is 6. The zero-order valence-electron chi connectivity index (χ0n) is 52.7. The molecule has 6 rings (SSSR count). The SMILES string of the molecule is C.C.C.C#CC(O)CC.C1CCOC1.CC(=O)c1ccc(N)c(I)c1.CC(=O)c1ccc(N)cc1.CCC(O)C#Cc1cc(C(C)=O)ccc1N.CCC(O)CCc1cc(C(C)(C)O)ccc1N.CCC(O)CCc1cc(C(C)=O)ccc1N.CO.[Br-].[CH3-].[Mg+2]. The second-order valence-corrected chi connectivity index (χ2v) is 20.7. The largest absolute Gasteiger partial charge is 2.00 e. The molecule has 16 N–H and O–H groups in total. The molecule has 0 saturated carbocycles. The average molecular weight is 1430 g/mol. The molecule has 5 aromatic rings. The smallest absolute Gasteiger partial charge is 1.00 e. The minimum absolute atomic E-state index is 0. The van der Waals surface area contributed by atoms with Gasteiger partial charge in [-0.05, 0) is 230 Å². The molecule has 0 spiro atoms. The Hall–Kier alpha value is -5.40. The maximum atomic E-state index is 11.2. The van der Waals surface area contributed by atoms with Gasteiger partial charge in [0.2, 0.25) is 0 Å². The summed E-state index contributed by atoms with van der Waals surface area (Å²) in [6, 6.07) is 28.0. The van der Waals surface area contributed by atoms with Crippen molar-refractivity contribution in [3.63, 3.8) is 0 Å². The van der Waals surface area contributed by atoms with Crippen LogP contribution in [0.2, 0.25) is 0 Å². The summed E-state index contributed by atoms with van der Waals surface area (Å²) in [5, 5.41) is 53.7. The van der Waals surface area contributed by atoms with Crippen molar-refractivity contribution >= 4 is 97.2 Å². The number of carbonyl (C=O) groups is 4. The van der Waals surface area contributed by atoms with Gasteiger partial charge in [0.05, 0.1) is 17.8 Å². The van der Waals surface area contributed by atoms with Crippen LogP contribution in [0.3, 0.4) is 0 Å². The van der Waals surface area contributed by atoms with Crippen molar-refractivity contribution in [1.82, 2.24) is 0 Å². The predicted octanol–water partition coefficient (Wildman–Crippen LogP) is 9.29. The number of nitrogen functional groups attached to an aromatic ring is 5. The first-order valence-electron chi connectivity index (χ1n) is 27.6. The molecule has 4 atom stereocenters. The predicted molar refractivity (Wildman–Crippen MR) is 380 cm³/mol. The number of aliphatic hydroxyl groups excluding tert-OH is 5. The fraction of sp³-hybridized carbons (Fsp3) is 0.443. The van der Waals surface area contributed by atoms with Crippen LogP contribution >= 0.6 is 22.6 Å². The van der Waals surface area contributed by atoms with Crippen LogP contribution in [0.25, 0.3) is 0 Å². The van der Waals surface area contributed by atoms with E-state index >= 15 is 0 Å². The van der Waals surface area contributed by atoms with Crippen molar-refractivity contribution in [2.45, 2.75) is 186 Å². The number of carbonyl (C=O) groups excluding carboxylic acids is 4. The zero-order chi connectivity index (χ0) is 63.8. The molecule has 1 aliphatic heterocycles. The first kappa shape index (κ1) is 99.8. The summed E-state index contributed by atoms with van der Waals surface area (Å²) in [5.41, 5.74) is 36.9. The third-order valence-electron chi connectivity index (χ3n) is 12.2. The summed E-state index contributed by atoms with van der Waals surface area (Å²) in [6.07, 6.45) is 11.1. The quantitative estimate of drug-likeness (QED) is 0.0116. The minimum atomic E-state index is -0.855. The van der Waals surface area contributed by atoms with Crippen LogP contribution in [0.15, 0.2) is 97.1 Å². The van der Waals surface area contributed by atoms with Crippen LogP contribution in [0.5, 0.6) is 0 Å². The Kier molecular flexibility index (Phi) is 63.4. The van der Waals surface area contributed by atoms with Crippen molar-refractivity contribution in [1.29, 1.82) is 0 Å². The van der Waals surface area contributed by atoms with Crippen LogP contribution in [0.4, 0.5) is 28.4 Å². The molecule has 4 unspecified atom stereocenters. The molecule has 0 aliphatic carbocycles. The number of anilines is 5. The van der Waals surface area contributed by atoms with Gasteiger partial charge < -0.3 is 88.5 Å². The molecule has 1 saturated heterocycles. The molecule has 0 amide bonds. The molecule has 1 fully saturated rings. The van der Waals surface area contributed by atoms with Crippen molar-refractivity contribution in [2.24, 2.45) is 0 Å². The van der Waals surface area contributed by atoms with Gasteiger partial charge in [-0.1, -0.05) is 79.9 Å². The van der Waals surface area contributed by atoms with Gasteiger partial charge in [0.25, 0.3) is 0 Å². The molecule has 0 bridgehead atoms. The maximum Gasteiger partial charge on any atom is 2.00 e. The summed E-state index contributed by atoms with van der Waals surface area (Å²) >= 11 is 2.11. The van der Waals surface area contributed by atoms with E-state index in [0.717, 1.165) is 71.2 Å². The number of nitrogens with two attached hydrogens (primary N) is 5. The molecule has 16 nitrogen and oxygen atoms in total. The summed E-state index contributed by atoms with van der Waals surface area (Å²) in [7, 11) is 1.00. The van der Waals surface area contributed by atoms with E-state index in [2.05, 4.69) is 40.4 Å². The first-order valence-corrected chi connectivity index (χ1v) is 28.7. The summed E-state index contributed by atoms with van der Waals surface area (Å²) in [6.45, 7) is 19.2. The Labute approximate surface area is 576 Å². The van der Waals surface area contributed by atoms with Crippen molar-refractivity contribution in [3.8, 4) is 24.2 Å². The van der Waals surface area contributed by atoms with E-state index in [-0.39, 0.29) is 105 Å². The van der Waals surface area contributed by atoms with Gasteiger partial charge in [0, 0.05) is 80.1 Å². The van der Waals surface area contributed by atoms with Crippen LogP contribution in [-0.4, -0.2) is 122 Å². The number of benzene rings is 5. The number of rotatable bonds is 15. The molecule has 1 heterocycles. The molecule has 496 valence electrons.